The Morgan fingerprint density at radius 2 is 2.05 bits per heavy atom. The predicted molar refractivity (Wildman–Crippen MR) is 91.0 cm³/mol. The third kappa shape index (κ3) is 4.61. The van der Waals surface area contributed by atoms with Gasteiger partial charge in [-0.1, -0.05) is 0 Å². The summed E-state index contributed by atoms with van der Waals surface area (Å²) in [6, 6.07) is 1.95. The average molecular weight is 362 g/mol. The molecule has 120 valence electrons. The Bertz CT molecular complexity index is 589. The summed E-state index contributed by atoms with van der Waals surface area (Å²) in [6.45, 7) is 1.86. The number of halogens is 2. The summed E-state index contributed by atoms with van der Waals surface area (Å²) in [5.74, 6) is 0.481. The van der Waals surface area contributed by atoms with Crippen LogP contribution in [0.2, 0.25) is 0 Å². The first-order valence-electron chi connectivity index (χ1n) is 6.58. The zero-order valence-corrected chi connectivity index (χ0v) is 14.1. The van der Waals surface area contributed by atoms with Crippen molar-refractivity contribution in [1.29, 1.82) is 0 Å². The number of thiazole rings is 1. The first-order chi connectivity index (χ1) is 9.83. The molecule has 1 aliphatic heterocycles. The molecule has 1 atom stereocenters. The molecule has 9 heteroatoms. The molecule has 2 N–H and O–H groups in total. The number of carbonyl (C=O) groups is 1. The minimum absolute atomic E-state index is 0. The molecule has 1 aliphatic rings. The van der Waals surface area contributed by atoms with E-state index < -0.39 is 0 Å². The topological polar surface area (TPSA) is 79.8 Å². The fourth-order valence-corrected chi connectivity index (χ4v) is 2.89. The Balaban J connectivity index is 0.00000121. The van der Waals surface area contributed by atoms with E-state index in [-0.39, 0.29) is 36.8 Å². The monoisotopic (exact) mass is 361 g/mol. The quantitative estimate of drug-likeness (QED) is 0.872. The van der Waals surface area contributed by atoms with Crippen LogP contribution >= 0.6 is 36.2 Å². The summed E-state index contributed by atoms with van der Waals surface area (Å²) in [6.07, 6.45) is 7.03. The van der Waals surface area contributed by atoms with E-state index in [1.807, 2.05) is 0 Å². The fourth-order valence-electron chi connectivity index (χ4n) is 2.12. The molecule has 22 heavy (non-hydrogen) atoms. The van der Waals surface area contributed by atoms with Crippen molar-refractivity contribution in [3.8, 4) is 10.8 Å². The van der Waals surface area contributed by atoms with E-state index in [9.17, 15) is 4.79 Å². The smallest absolute Gasteiger partial charge is 0.263 e. The molecule has 0 aromatic carbocycles. The van der Waals surface area contributed by atoms with Crippen molar-refractivity contribution in [2.75, 3.05) is 13.1 Å². The van der Waals surface area contributed by atoms with Crippen molar-refractivity contribution in [3.05, 3.63) is 29.5 Å². The van der Waals surface area contributed by atoms with E-state index in [0.29, 0.717) is 15.7 Å². The normalized spacial score (nSPS) is 17.0. The van der Waals surface area contributed by atoms with Crippen LogP contribution in [0.25, 0.3) is 10.8 Å². The molecule has 0 spiro atoms. The van der Waals surface area contributed by atoms with Crippen LogP contribution in [0, 0.1) is 0 Å². The molecule has 0 saturated carbocycles. The Morgan fingerprint density at radius 1 is 1.27 bits per heavy atom. The summed E-state index contributed by atoms with van der Waals surface area (Å²) in [4.78, 5) is 25.2. The lowest BCUT2D eigenvalue weighted by atomic mass is 10.1. The molecule has 0 radical (unpaired) electrons. The van der Waals surface area contributed by atoms with Gasteiger partial charge in [-0.3, -0.25) is 4.79 Å². The Labute approximate surface area is 145 Å². The van der Waals surface area contributed by atoms with Gasteiger partial charge in [0.15, 0.2) is 10.8 Å². The third-order valence-corrected chi connectivity index (χ3v) is 4.11. The maximum Gasteiger partial charge on any atom is 0.263 e. The van der Waals surface area contributed by atoms with E-state index >= 15 is 0 Å². The maximum absolute atomic E-state index is 12.1. The number of aromatic nitrogens is 3. The van der Waals surface area contributed by atoms with E-state index in [1.165, 1.54) is 11.3 Å². The summed E-state index contributed by atoms with van der Waals surface area (Å²) in [7, 11) is 0. The van der Waals surface area contributed by atoms with E-state index in [2.05, 4.69) is 25.6 Å². The fraction of sp³-hybridized carbons (Fsp3) is 0.385. The Hall–Kier alpha value is -1.28. The van der Waals surface area contributed by atoms with Crippen molar-refractivity contribution in [1.82, 2.24) is 25.6 Å². The van der Waals surface area contributed by atoms with Gasteiger partial charge in [-0.05, 0) is 25.5 Å². The standard InChI is InChI=1S/C13H15N5OS.2ClH/c19-12(18-9-3-1-4-14-7-9)10-8-17-13(20-10)11-15-5-2-6-16-11;;/h2,5-6,8-9,14H,1,3-4,7H2,(H,18,19);2*1H/t9-;;/m0../s1. The molecular weight excluding hydrogens is 345 g/mol. The van der Waals surface area contributed by atoms with Gasteiger partial charge >= 0.3 is 0 Å². The van der Waals surface area contributed by atoms with Crippen molar-refractivity contribution in [3.63, 3.8) is 0 Å². The molecule has 1 amide bonds. The van der Waals surface area contributed by atoms with Gasteiger partial charge in [0.2, 0.25) is 0 Å². The van der Waals surface area contributed by atoms with Gasteiger partial charge in [0.05, 0.1) is 6.20 Å². The van der Waals surface area contributed by atoms with Gasteiger partial charge in [-0.15, -0.1) is 36.2 Å². The summed E-state index contributed by atoms with van der Waals surface area (Å²) >= 11 is 1.31. The predicted octanol–water partition coefficient (Wildman–Crippen LogP) is 1.93. The molecule has 2 aromatic heterocycles. The second-order valence-corrected chi connectivity index (χ2v) is 5.65. The number of carbonyl (C=O) groups excluding carboxylic acids is 1. The molecule has 1 fully saturated rings. The van der Waals surface area contributed by atoms with Crippen LogP contribution in [0.3, 0.4) is 0 Å². The molecule has 0 aliphatic carbocycles. The number of rotatable bonds is 3. The van der Waals surface area contributed by atoms with Crippen LogP contribution in [-0.4, -0.2) is 40.0 Å². The van der Waals surface area contributed by atoms with Gasteiger partial charge in [0.1, 0.15) is 4.88 Å². The SMILES string of the molecule is Cl.Cl.O=C(N[C@H]1CCCNC1)c1cnc(-c2ncccn2)s1. The minimum atomic E-state index is -0.0709. The van der Waals surface area contributed by atoms with Crippen molar-refractivity contribution in [2.24, 2.45) is 0 Å². The highest BCUT2D eigenvalue weighted by atomic mass is 35.5. The number of hydrogen-bond donors (Lipinski definition) is 2. The summed E-state index contributed by atoms with van der Waals surface area (Å²) < 4.78 is 0. The van der Waals surface area contributed by atoms with Crippen LogP contribution in [0.5, 0.6) is 0 Å². The highest BCUT2D eigenvalue weighted by molar-refractivity contribution is 7.16. The second-order valence-electron chi connectivity index (χ2n) is 4.62. The highest BCUT2D eigenvalue weighted by Gasteiger charge is 2.18. The van der Waals surface area contributed by atoms with Gasteiger partial charge in [0.25, 0.3) is 5.91 Å². The van der Waals surface area contributed by atoms with Gasteiger partial charge in [-0.25, -0.2) is 15.0 Å². The lowest BCUT2D eigenvalue weighted by Crippen LogP contribution is -2.45. The molecule has 0 bridgehead atoms. The maximum atomic E-state index is 12.1. The van der Waals surface area contributed by atoms with Crippen molar-refractivity contribution < 1.29 is 4.79 Å². The van der Waals surface area contributed by atoms with E-state index in [1.54, 1.807) is 24.7 Å². The molecule has 3 rings (SSSR count). The molecule has 2 aromatic rings. The first kappa shape index (κ1) is 18.8. The Kier molecular flexibility index (Phi) is 7.67. The van der Waals surface area contributed by atoms with Crippen molar-refractivity contribution in [2.45, 2.75) is 18.9 Å². The highest BCUT2D eigenvalue weighted by Crippen LogP contribution is 2.21. The van der Waals surface area contributed by atoms with E-state index in [4.69, 9.17) is 0 Å². The largest absolute Gasteiger partial charge is 0.347 e. The number of piperidine rings is 1. The number of nitrogens with one attached hydrogen (secondary N) is 2. The van der Waals surface area contributed by atoms with Crippen LogP contribution in [0.1, 0.15) is 22.5 Å². The summed E-state index contributed by atoms with van der Waals surface area (Å²) in [5.41, 5.74) is 0. The van der Waals surface area contributed by atoms with Gasteiger partial charge in [0, 0.05) is 25.0 Å². The number of hydrogen-bond acceptors (Lipinski definition) is 6. The Morgan fingerprint density at radius 3 is 2.73 bits per heavy atom. The van der Waals surface area contributed by atoms with Crippen LogP contribution in [0.15, 0.2) is 24.7 Å². The molecule has 6 nitrogen and oxygen atoms in total. The average Bonchev–Trinajstić information content (AvgIpc) is 2.99. The first-order valence-corrected chi connectivity index (χ1v) is 7.39. The lowest BCUT2D eigenvalue weighted by molar-refractivity contribution is 0.0934. The molecule has 1 saturated heterocycles. The van der Waals surface area contributed by atoms with Crippen molar-refractivity contribution >= 4 is 42.1 Å². The number of nitrogens with zero attached hydrogens (tertiary/aromatic N) is 3. The molecular formula is C13H17Cl2N5OS. The molecule has 0 unspecified atom stereocenters. The number of amides is 1. The van der Waals surface area contributed by atoms with Gasteiger partial charge in [-0.2, -0.15) is 0 Å². The molecule has 3 heterocycles. The van der Waals surface area contributed by atoms with Gasteiger partial charge < -0.3 is 10.6 Å². The van der Waals surface area contributed by atoms with Crippen LogP contribution < -0.4 is 10.6 Å². The van der Waals surface area contributed by atoms with Crippen LogP contribution in [0.4, 0.5) is 0 Å². The lowest BCUT2D eigenvalue weighted by Gasteiger charge is -2.23. The third-order valence-electron chi connectivity index (χ3n) is 3.12. The van der Waals surface area contributed by atoms with E-state index in [0.717, 1.165) is 25.9 Å². The van der Waals surface area contributed by atoms with Crippen LogP contribution in [-0.2, 0) is 0 Å². The zero-order chi connectivity index (χ0) is 13.8. The summed E-state index contributed by atoms with van der Waals surface area (Å²) in [5, 5.41) is 6.97. The zero-order valence-electron chi connectivity index (χ0n) is 11.7. The minimum Gasteiger partial charge on any atom is -0.347 e. The second kappa shape index (κ2) is 8.99.